The Balaban J connectivity index is 1.38. The molecule has 0 spiro atoms. The quantitative estimate of drug-likeness (QED) is 0.330. The number of hydrogen-bond donors (Lipinski definition) is 1. The first-order valence-corrected chi connectivity index (χ1v) is 12.9. The summed E-state index contributed by atoms with van der Waals surface area (Å²) in [5.41, 5.74) is 6.72. The second-order valence-corrected chi connectivity index (χ2v) is 10.2. The number of pyridine rings is 1. The van der Waals surface area contributed by atoms with Crippen LogP contribution in [-0.2, 0) is 4.79 Å². The van der Waals surface area contributed by atoms with Crippen LogP contribution in [0.25, 0.3) is 17.1 Å². The molecule has 7 heteroatoms. The fourth-order valence-corrected chi connectivity index (χ4v) is 4.93. The molecule has 1 amide bonds. The molecule has 2 aromatic heterocycles. The normalized spacial score (nSPS) is 14.0. The zero-order chi connectivity index (χ0) is 24.4. The van der Waals surface area contributed by atoms with E-state index in [1.54, 1.807) is 12.4 Å². The number of carbonyl (C=O) groups excluding carboxylic acids is 1. The van der Waals surface area contributed by atoms with Gasteiger partial charge < -0.3 is 5.32 Å². The first-order valence-electron chi connectivity index (χ1n) is 11.9. The van der Waals surface area contributed by atoms with Gasteiger partial charge in [0, 0.05) is 18.0 Å². The highest BCUT2D eigenvalue weighted by atomic mass is 32.2. The van der Waals surface area contributed by atoms with Gasteiger partial charge in [0.25, 0.3) is 0 Å². The van der Waals surface area contributed by atoms with Crippen LogP contribution in [0.2, 0.25) is 0 Å². The lowest BCUT2D eigenvalue weighted by atomic mass is 10.0. The minimum absolute atomic E-state index is 0.00701. The van der Waals surface area contributed by atoms with Crippen molar-refractivity contribution in [1.82, 2.24) is 25.1 Å². The average Bonchev–Trinajstić information content (AvgIpc) is 3.63. The number of carbonyl (C=O) groups is 1. The van der Waals surface area contributed by atoms with Gasteiger partial charge >= 0.3 is 0 Å². The summed E-state index contributed by atoms with van der Waals surface area (Å²) in [4.78, 5) is 17.2. The van der Waals surface area contributed by atoms with E-state index in [0.717, 1.165) is 29.9 Å². The van der Waals surface area contributed by atoms with Gasteiger partial charge in [-0.25, -0.2) is 0 Å². The fraction of sp³-hybridized carbons (Fsp3) is 0.286. The summed E-state index contributed by atoms with van der Waals surface area (Å²) in [7, 11) is 0. The van der Waals surface area contributed by atoms with Crippen LogP contribution in [0.3, 0.4) is 0 Å². The minimum atomic E-state index is 0.00701. The van der Waals surface area contributed by atoms with Gasteiger partial charge in [-0.05, 0) is 80.5 Å². The third kappa shape index (κ3) is 5.30. The molecule has 1 saturated carbocycles. The summed E-state index contributed by atoms with van der Waals surface area (Å²) in [6, 6.07) is 18.7. The number of aryl methyl sites for hydroxylation is 3. The van der Waals surface area contributed by atoms with Crippen LogP contribution in [-0.4, -0.2) is 31.4 Å². The molecule has 5 rings (SSSR count). The Labute approximate surface area is 210 Å². The summed E-state index contributed by atoms with van der Waals surface area (Å²) in [6.07, 6.45) is 5.81. The van der Waals surface area contributed by atoms with Crippen LogP contribution >= 0.6 is 11.8 Å². The number of benzene rings is 2. The van der Waals surface area contributed by atoms with Crippen molar-refractivity contribution in [3.05, 3.63) is 89.2 Å². The van der Waals surface area contributed by atoms with Crippen molar-refractivity contribution in [2.45, 2.75) is 44.8 Å². The molecule has 2 heterocycles. The molecule has 1 aliphatic carbocycles. The van der Waals surface area contributed by atoms with Gasteiger partial charge in [0.15, 0.2) is 11.0 Å². The van der Waals surface area contributed by atoms with Crippen LogP contribution < -0.4 is 5.32 Å². The van der Waals surface area contributed by atoms with Gasteiger partial charge in [-0.1, -0.05) is 47.7 Å². The molecule has 0 radical (unpaired) electrons. The van der Waals surface area contributed by atoms with E-state index in [2.05, 4.69) is 83.7 Å². The Kier molecular flexibility index (Phi) is 6.68. The Morgan fingerprint density at radius 1 is 1.00 bits per heavy atom. The lowest BCUT2D eigenvalue weighted by Gasteiger charge is -2.19. The van der Waals surface area contributed by atoms with Crippen molar-refractivity contribution in [1.29, 1.82) is 0 Å². The third-order valence-electron chi connectivity index (χ3n) is 6.50. The number of amides is 1. The van der Waals surface area contributed by atoms with E-state index < -0.39 is 0 Å². The molecule has 0 aliphatic heterocycles. The van der Waals surface area contributed by atoms with Crippen molar-refractivity contribution in [3.63, 3.8) is 0 Å². The van der Waals surface area contributed by atoms with E-state index >= 15 is 0 Å². The van der Waals surface area contributed by atoms with Crippen LogP contribution in [0.15, 0.2) is 72.1 Å². The predicted molar refractivity (Wildman–Crippen MR) is 140 cm³/mol. The molecule has 2 aromatic carbocycles. The van der Waals surface area contributed by atoms with Gasteiger partial charge in [0.05, 0.1) is 17.5 Å². The van der Waals surface area contributed by atoms with Gasteiger partial charge in [0.2, 0.25) is 5.91 Å². The maximum Gasteiger partial charge on any atom is 0.230 e. The Morgan fingerprint density at radius 2 is 1.74 bits per heavy atom. The van der Waals surface area contributed by atoms with Gasteiger partial charge in [-0.2, -0.15) is 0 Å². The molecule has 1 aliphatic rings. The third-order valence-corrected chi connectivity index (χ3v) is 7.43. The molecule has 0 saturated heterocycles. The summed E-state index contributed by atoms with van der Waals surface area (Å²) >= 11 is 1.41. The van der Waals surface area contributed by atoms with Gasteiger partial charge in [0.1, 0.15) is 0 Å². The number of hydrogen-bond acceptors (Lipinski definition) is 5. The second kappa shape index (κ2) is 10.0. The minimum Gasteiger partial charge on any atom is -0.348 e. The van der Waals surface area contributed by atoms with Crippen molar-refractivity contribution < 1.29 is 4.79 Å². The molecule has 1 fully saturated rings. The number of rotatable bonds is 8. The zero-order valence-corrected chi connectivity index (χ0v) is 21.0. The van der Waals surface area contributed by atoms with Gasteiger partial charge in [-0.3, -0.25) is 14.3 Å². The molecule has 0 bridgehead atoms. The molecule has 1 atom stereocenters. The van der Waals surface area contributed by atoms with Crippen molar-refractivity contribution in [3.8, 4) is 17.1 Å². The van der Waals surface area contributed by atoms with E-state index in [-0.39, 0.29) is 17.7 Å². The van der Waals surface area contributed by atoms with Crippen LogP contribution in [0.1, 0.15) is 41.1 Å². The zero-order valence-electron chi connectivity index (χ0n) is 20.2. The predicted octanol–water partition coefficient (Wildman–Crippen LogP) is 5.61. The molecule has 178 valence electrons. The smallest absolute Gasteiger partial charge is 0.230 e. The fourth-order valence-electron chi connectivity index (χ4n) is 4.17. The molecule has 1 unspecified atom stereocenters. The molecule has 35 heavy (non-hydrogen) atoms. The molecule has 4 aromatic rings. The molecule has 6 nitrogen and oxygen atoms in total. The summed E-state index contributed by atoms with van der Waals surface area (Å²) in [5, 5.41) is 12.9. The van der Waals surface area contributed by atoms with Crippen LogP contribution in [0.5, 0.6) is 0 Å². The lowest BCUT2D eigenvalue weighted by Crippen LogP contribution is -2.31. The highest BCUT2D eigenvalue weighted by Gasteiger charge is 2.33. The average molecular weight is 484 g/mol. The second-order valence-electron chi connectivity index (χ2n) is 9.23. The summed E-state index contributed by atoms with van der Waals surface area (Å²) < 4.78 is 2.03. The maximum absolute atomic E-state index is 13.0. The standard InChI is InChI=1S/C28H29N5OS/c1-18-4-7-21(8-5-18)26(22-9-10-22)30-25(34)17-35-28-32-31-27(23-12-14-29-15-13-23)33(28)24-11-6-19(2)20(3)16-24/h4-8,11-16,22,26H,9-10,17H2,1-3H3,(H,30,34). The van der Waals surface area contributed by atoms with E-state index in [1.807, 2.05) is 16.7 Å². The number of nitrogens with zero attached hydrogens (tertiary/aromatic N) is 4. The monoisotopic (exact) mass is 483 g/mol. The number of aromatic nitrogens is 4. The first kappa shape index (κ1) is 23.3. The van der Waals surface area contributed by atoms with E-state index in [9.17, 15) is 4.79 Å². The molecular formula is C28H29N5OS. The van der Waals surface area contributed by atoms with E-state index in [0.29, 0.717) is 11.1 Å². The van der Waals surface area contributed by atoms with E-state index in [1.165, 1.54) is 34.0 Å². The lowest BCUT2D eigenvalue weighted by molar-refractivity contribution is -0.119. The van der Waals surface area contributed by atoms with Gasteiger partial charge in [-0.15, -0.1) is 10.2 Å². The SMILES string of the molecule is Cc1ccc(C(NC(=O)CSc2nnc(-c3ccncc3)n2-c2ccc(C)c(C)c2)C2CC2)cc1. The number of nitrogens with one attached hydrogen (secondary N) is 1. The van der Waals surface area contributed by atoms with Crippen molar-refractivity contribution >= 4 is 17.7 Å². The Morgan fingerprint density at radius 3 is 2.43 bits per heavy atom. The topological polar surface area (TPSA) is 72.7 Å². The summed E-state index contributed by atoms with van der Waals surface area (Å²) in [6.45, 7) is 6.27. The highest BCUT2D eigenvalue weighted by molar-refractivity contribution is 7.99. The van der Waals surface area contributed by atoms with Crippen LogP contribution in [0, 0.1) is 26.7 Å². The number of thioether (sulfide) groups is 1. The first-order chi connectivity index (χ1) is 17.0. The van der Waals surface area contributed by atoms with Crippen LogP contribution in [0.4, 0.5) is 0 Å². The highest BCUT2D eigenvalue weighted by Crippen LogP contribution is 2.41. The largest absolute Gasteiger partial charge is 0.348 e. The Hall–Kier alpha value is -3.45. The molecular weight excluding hydrogens is 454 g/mol. The van der Waals surface area contributed by atoms with Crippen molar-refractivity contribution in [2.75, 3.05) is 5.75 Å². The summed E-state index contributed by atoms with van der Waals surface area (Å²) in [5.74, 6) is 1.53. The molecule has 1 N–H and O–H groups in total. The van der Waals surface area contributed by atoms with Crippen molar-refractivity contribution in [2.24, 2.45) is 5.92 Å². The Bertz CT molecular complexity index is 1330. The maximum atomic E-state index is 13.0. The van der Waals surface area contributed by atoms with E-state index in [4.69, 9.17) is 0 Å².